The first kappa shape index (κ1) is 19.2. The molecule has 2 amide bonds. The van der Waals surface area contributed by atoms with E-state index in [4.69, 9.17) is 4.52 Å². The number of amides is 2. The van der Waals surface area contributed by atoms with E-state index in [2.05, 4.69) is 15.8 Å². The van der Waals surface area contributed by atoms with Gasteiger partial charge in [-0.05, 0) is 20.4 Å². The van der Waals surface area contributed by atoms with Gasteiger partial charge in [-0.1, -0.05) is 32.9 Å². The van der Waals surface area contributed by atoms with Gasteiger partial charge >= 0.3 is 0 Å². The molecule has 0 aliphatic carbocycles. The first-order valence-electron chi connectivity index (χ1n) is 7.90. The van der Waals surface area contributed by atoms with Crippen molar-refractivity contribution in [3.63, 3.8) is 0 Å². The average Bonchev–Trinajstić information content (AvgIpc) is 2.85. The van der Waals surface area contributed by atoms with Gasteiger partial charge in [0, 0.05) is 17.5 Å². The fraction of sp³-hybridized carbons (Fsp3) is 0.688. The summed E-state index contributed by atoms with van der Waals surface area (Å²) in [6, 6.07) is 1.81. The van der Waals surface area contributed by atoms with E-state index in [1.807, 2.05) is 41.5 Å². The highest BCUT2D eigenvalue weighted by atomic mass is 16.5. The lowest BCUT2D eigenvalue weighted by Crippen LogP contribution is -2.42. The maximum atomic E-state index is 12.1. The Bertz CT molecular complexity index is 532. The van der Waals surface area contributed by atoms with Crippen LogP contribution in [-0.2, 0) is 15.0 Å². The Kier molecular flexibility index (Phi) is 6.75. The van der Waals surface area contributed by atoms with Crippen LogP contribution in [0.4, 0.5) is 5.88 Å². The monoisotopic (exact) mass is 324 g/mol. The van der Waals surface area contributed by atoms with Crippen LogP contribution in [0.15, 0.2) is 10.6 Å². The molecular formula is C16H28N4O3. The third kappa shape index (κ3) is 6.81. The maximum Gasteiger partial charge on any atom is 0.240 e. The summed E-state index contributed by atoms with van der Waals surface area (Å²) in [4.78, 5) is 25.6. The molecule has 1 aromatic heterocycles. The number of nitrogens with zero attached hydrogens (tertiary/aromatic N) is 2. The Morgan fingerprint density at radius 1 is 1.26 bits per heavy atom. The summed E-state index contributed by atoms with van der Waals surface area (Å²) in [6.45, 7) is 12.7. The predicted octanol–water partition coefficient (Wildman–Crippen LogP) is 1.76. The second kappa shape index (κ2) is 8.10. The van der Waals surface area contributed by atoms with Crippen molar-refractivity contribution in [3.8, 4) is 0 Å². The molecule has 0 fully saturated rings. The van der Waals surface area contributed by atoms with Gasteiger partial charge in [-0.2, -0.15) is 0 Å². The van der Waals surface area contributed by atoms with E-state index in [0.29, 0.717) is 12.4 Å². The molecule has 23 heavy (non-hydrogen) atoms. The molecular weight excluding hydrogens is 296 g/mol. The molecule has 0 aliphatic rings. The maximum absolute atomic E-state index is 12.1. The second-order valence-electron chi connectivity index (χ2n) is 6.90. The number of hydrogen-bond acceptors (Lipinski definition) is 5. The van der Waals surface area contributed by atoms with Crippen LogP contribution in [0.3, 0.4) is 0 Å². The molecule has 0 unspecified atom stereocenters. The fourth-order valence-electron chi connectivity index (χ4n) is 1.92. The van der Waals surface area contributed by atoms with Gasteiger partial charge in [0.2, 0.25) is 17.7 Å². The number of carbonyl (C=O) groups excluding carboxylic acids is 2. The van der Waals surface area contributed by atoms with Crippen molar-refractivity contribution in [3.05, 3.63) is 11.8 Å². The minimum Gasteiger partial charge on any atom is -0.353 e. The summed E-state index contributed by atoms with van der Waals surface area (Å²) in [5, 5.41) is 9.43. The fourth-order valence-corrected chi connectivity index (χ4v) is 1.92. The number of anilines is 1. The molecule has 0 saturated heterocycles. The topological polar surface area (TPSA) is 87.5 Å². The van der Waals surface area contributed by atoms with Crippen LogP contribution < -0.4 is 10.6 Å². The zero-order valence-electron chi connectivity index (χ0n) is 14.9. The Hall–Kier alpha value is -1.89. The van der Waals surface area contributed by atoms with E-state index in [1.165, 1.54) is 0 Å². The van der Waals surface area contributed by atoms with E-state index < -0.39 is 0 Å². The quantitative estimate of drug-likeness (QED) is 0.798. The number of likely N-dealkylation sites (N-methyl/N-ethyl adjacent to an activating group) is 1. The van der Waals surface area contributed by atoms with Gasteiger partial charge < -0.3 is 9.84 Å². The minimum atomic E-state index is -0.235. The Labute approximate surface area is 137 Å². The summed E-state index contributed by atoms with van der Waals surface area (Å²) in [7, 11) is 0. The molecule has 0 saturated carbocycles. The molecule has 0 atom stereocenters. The van der Waals surface area contributed by atoms with Gasteiger partial charge in [0.25, 0.3) is 0 Å². The summed E-state index contributed by atoms with van der Waals surface area (Å²) in [6.07, 6.45) is 0. The average molecular weight is 324 g/mol. The van der Waals surface area contributed by atoms with E-state index in [1.54, 1.807) is 11.0 Å². The van der Waals surface area contributed by atoms with Gasteiger partial charge in [0.15, 0.2) is 0 Å². The zero-order chi connectivity index (χ0) is 17.6. The smallest absolute Gasteiger partial charge is 0.240 e. The van der Waals surface area contributed by atoms with Crippen molar-refractivity contribution < 1.29 is 14.1 Å². The van der Waals surface area contributed by atoms with Crippen LogP contribution in [0.1, 0.15) is 47.2 Å². The SMILES string of the molecule is CCN(CC(=O)Nc1cc(C(C)(C)C)no1)CC(=O)NC(C)C. The van der Waals surface area contributed by atoms with Gasteiger partial charge in [0.1, 0.15) is 0 Å². The van der Waals surface area contributed by atoms with Gasteiger partial charge in [-0.25, -0.2) is 0 Å². The standard InChI is InChI=1S/C16H28N4O3/c1-7-20(9-13(21)17-11(2)3)10-14(22)18-15-8-12(19-23-15)16(4,5)6/h8,11H,7,9-10H2,1-6H3,(H,17,21)(H,18,22). The van der Waals surface area contributed by atoms with Crippen molar-refractivity contribution in [2.75, 3.05) is 25.0 Å². The molecule has 7 heteroatoms. The van der Waals surface area contributed by atoms with Crippen LogP contribution in [0, 0.1) is 0 Å². The highest BCUT2D eigenvalue weighted by molar-refractivity contribution is 5.91. The lowest BCUT2D eigenvalue weighted by atomic mass is 9.92. The van der Waals surface area contributed by atoms with Gasteiger partial charge in [-0.3, -0.25) is 19.8 Å². The molecule has 2 N–H and O–H groups in total. The van der Waals surface area contributed by atoms with Gasteiger partial charge in [-0.15, -0.1) is 0 Å². The number of rotatable bonds is 7. The molecule has 0 spiro atoms. The third-order valence-electron chi connectivity index (χ3n) is 3.17. The van der Waals surface area contributed by atoms with Crippen LogP contribution in [-0.4, -0.2) is 47.5 Å². The van der Waals surface area contributed by atoms with Crippen LogP contribution in [0.25, 0.3) is 0 Å². The highest BCUT2D eigenvalue weighted by Gasteiger charge is 2.20. The molecule has 0 aliphatic heterocycles. The summed E-state index contributed by atoms with van der Waals surface area (Å²) >= 11 is 0. The van der Waals surface area contributed by atoms with Crippen molar-refractivity contribution in [2.24, 2.45) is 0 Å². The Balaban J connectivity index is 2.54. The van der Waals surface area contributed by atoms with Crippen LogP contribution in [0.5, 0.6) is 0 Å². The Morgan fingerprint density at radius 3 is 2.35 bits per heavy atom. The van der Waals surface area contributed by atoms with Gasteiger partial charge in [0.05, 0.1) is 18.8 Å². The van der Waals surface area contributed by atoms with E-state index in [0.717, 1.165) is 5.69 Å². The Morgan fingerprint density at radius 2 is 1.87 bits per heavy atom. The van der Waals surface area contributed by atoms with Crippen molar-refractivity contribution in [2.45, 2.75) is 53.0 Å². The molecule has 0 radical (unpaired) electrons. The molecule has 0 bridgehead atoms. The molecule has 1 aromatic rings. The third-order valence-corrected chi connectivity index (χ3v) is 3.17. The zero-order valence-corrected chi connectivity index (χ0v) is 14.9. The van der Waals surface area contributed by atoms with Crippen LogP contribution >= 0.6 is 0 Å². The highest BCUT2D eigenvalue weighted by Crippen LogP contribution is 2.23. The summed E-state index contributed by atoms with van der Waals surface area (Å²) < 4.78 is 5.13. The molecule has 130 valence electrons. The summed E-state index contributed by atoms with van der Waals surface area (Å²) in [5.74, 6) is -0.00671. The molecule has 1 rings (SSSR count). The van der Waals surface area contributed by atoms with Crippen LogP contribution in [0.2, 0.25) is 0 Å². The number of hydrogen-bond donors (Lipinski definition) is 2. The summed E-state index contributed by atoms with van der Waals surface area (Å²) in [5.41, 5.74) is 0.633. The largest absolute Gasteiger partial charge is 0.353 e. The second-order valence-corrected chi connectivity index (χ2v) is 6.90. The first-order chi connectivity index (χ1) is 10.6. The van der Waals surface area contributed by atoms with E-state index in [9.17, 15) is 9.59 Å². The predicted molar refractivity (Wildman–Crippen MR) is 89.2 cm³/mol. The van der Waals surface area contributed by atoms with Crippen molar-refractivity contribution in [1.82, 2.24) is 15.4 Å². The number of carbonyl (C=O) groups is 2. The normalized spacial score (nSPS) is 11.8. The number of aromatic nitrogens is 1. The minimum absolute atomic E-state index is 0.0834. The number of nitrogens with one attached hydrogen (secondary N) is 2. The van der Waals surface area contributed by atoms with Crippen molar-refractivity contribution in [1.29, 1.82) is 0 Å². The molecule has 0 aromatic carbocycles. The van der Waals surface area contributed by atoms with Crippen molar-refractivity contribution >= 4 is 17.7 Å². The molecule has 7 nitrogen and oxygen atoms in total. The van der Waals surface area contributed by atoms with E-state index in [-0.39, 0.29) is 36.4 Å². The molecule has 1 heterocycles. The lowest BCUT2D eigenvalue weighted by molar-refractivity contribution is -0.123. The lowest BCUT2D eigenvalue weighted by Gasteiger charge is -2.19. The van der Waals surface area contributed by atoms with E-state index >= 15 is 0 Å². The first-order valence-corrected chi connectivity index (χ1v) is 7.90.